The maximum atomic E-state index is 13.5. The number of rotatable bonds is 7. The quantitative estimate of drug-likeness (QED) is 0.275. The number of carbonyl (C=O) groups excluding carboxylic acids is 2. The fraction of sp³-hybridized carbons (Fsp3) is 0.364. The van der Waals surface area contributed by atoms with E-state index in [9.17, 15) is 30.0 Å². The van der Waals surface area contributed by atoms with E-state index in [1.165, 1.54) is 30.4 Å². The van der Waals surface area contributed by atoms with Gasteiger partial charge in [0.25, 0.3) is 0 Å². The Balaban J connectivity index is 2.23. The molecule has 1 aromatic rings. The van der Waals surface area contributed by atoms with E-state index < -0.39 is 36.4 Å². The number of hydrogen-bond acceptors (Lipinski definition) is 9. The van der Waals surface area contributed by atoms with Crippen LogP contribution >= 0.6 is 0 Å². The lowest BCUT2D eigenvalue weighted by Crippen LogP contribution is -2.56. The maximum Gasteiger partial charge on any atom is 0.200 e. The predicted molar refractivity (Wildman–Crippen MR) is 114 cm³/mol. The Morgan fingerprint density at radius 1 is 0.871 bits per heavy atom. The SMILES string of the molecule is CC(O)NC(C)N(C1=C2C(=O)c3c(O)ccc(O)c3C=C2C(=O)C=C1)C(C)NC(C)O. The molecular weight excluding hydrogens is 402 g/mol. The van der Waals surface area contributed by atoms with E-state index in [2.05, 4.69) is 10.6 Å². The number of carbonyl (C=O) groups is 2. The zero-order valence-electron chi connectivity index (χ0n) is 17.7. The van der Waals surface area contributed by atoms with Gasteiger partial charge in [-0.05, 0) is 58.1 Å². The summed E-state index contributed by atoms with van der Waals surface area (Å²) in [5.41, 5.74) is 0.523. The van der Waals surface area contributed by atoms with Crippen molar-refractivity contribution in [3.63, 3.8) is 0 Å². The first-order chi connectivity index (χ1) is 14.5. The van der Waals surface area contributed by atoms with Crippen LogP contribution in [0.2, 0.25) is 0 Å². The molecule has 2 aliphatic carbocycles. The Hall–Kier alpha value is -2.98. The van der Waals surface area contributed by atoms with Crippen molar-refractivity contribution in [3.05, 3.63) is 52.3 Å². The summed E-state index contributed by atoms with van der Waals surface area (Å²) in [5, 5.41) is 46.0. The smallest absolute Gasteiger partial charge is 0.200 e. The molecule has 4 atom stereocenters. The third kappa shape index (κ3) is 4.26. The molecule has 0 bridgehead atoms. The molecule has 0 saturated heterocycles. The third-order valence-corrected chi connectivity index (χ3v) is 5.20. The predicted octanol–water partition coefficient (Wildman–Crippen LogP) is 0.920. The van der Waals surface area contributed by atoms with Crippen molar-refractivity contribution < 1.29 is 30.0 Å². The average Bonchev–Trinajstić information content (AvgIpc) is 2.65. The molecular formula is C22H27N3O6. The average molecular weight is 429 g/mol. The van der Waals surface area contributed by atoms with E-state index >= 15 is 0 Å². The number of nitrogens with one attached hydrogen (secondary N) is 2. The van der Waals surface area contributed by atoms with Crippen LogP contribution in [0.25, 0.3) is 6.08 Å². The molecule has 3 rings (SSSR count). The van der Waals surface area contributed by atoms with Gasteiger partial charge in [-0.2, -0.15) is 0 Å². The molecule has 0 fully saturated rings. The number of aromatic hydroxyl groups is 2. The largest absolute Gasteiger partial charge is 0.507 e. The van der Waals surface area contributed by atoms with Gasteiger partial charge in [0.1, 0.15) is 24.0 Å². The molecule has 1 aromatic carbocycles. The third-order valence-electron chi connectivity index (χ3n) is 5.20. The standard InChI is InChI=1S/C22H27N3O6/c1-10(23-12(3)26)25(11(2)24-13(4)27)16-5-6-17(28)14-9-15-18(29)7-8-19(30)21(15)22(31)20(14)16/h5-13,23-24,26-27,29-30H,1-4H3. The number of aliphatic hydroxyl groups excluding tert-OH is 2. The van der Waals surface area contributed by atoms with Crippen molar-refractivity contribution >= 4 is 17.6 Å². The molecule has 31 heavy (non-hydrogen) atoms. The highest BCUT2D eigenvalue weighted by Gasteiger charge is 2.37. The number of phenolic OH excluding ortho intramolecular Hbond substituents is 2. The first-order valence-electron chi connectivity index (χ1n) is 9.97. The Kier molecular flexibility index (Phi) is 6.33. The second kappa shape index (κ2) is 8.64. The fourth-order valence-electron chi connectivity index (χ4n) is 4.05. The number of phenols is 2. The van der Waals surface area contributed by atoms with Crippen molar-refractivity contribution in [2.24, 2.45) is 0 Å². The van der Waals surface area contributed by atoms with Gasteiger partial charge in [-0.15, -0.1) is 0 Å². The van der Waals surface area contributed by atoms with Crippen LogP contribution in [0, 0.1) is 0 Å². The maximum absolute atomic E-state index is 13.5. The van der Waals surface area contributed by atoms with Crippen LogP contribution in [-0.2, 0) is 4.79 Å². The number of nitrogens with zero attached hydrogens (tertiary/aromatic N) is 1. The minimum atomic E-state index is -0.866. The van der Waals surface area contributed by atoms with E-state index in [-0.39, 0.29) is 33.8 Å². The molecule has 0 aromatic heterocycles. The number of ketones is 2. The van der Waals surface area contributed by atoms with E-state index in [1.54, 1.807) is 32.6 Å². The first kappa shape index (κ1) is 22.7. The van der Waals surface area contributed by atoms with Gasteiger partial charge in [-0.1, -0.05) is 0 Å². The van der Waals surface area contributed by atoms with Crippen LogP contribution in [0.15, 0.2) is 41.1 Å². The highest BCUT2D eigenvalue weighted by Crippen LogP contribution is 2.41. The normalized spacial score (nSPS) is 19.4. The monoisotopic (exact) mass is 429 g/mol. The molecule has 0 spiro atoms. The molecule has 0 aliphatic heterocycles. The van der Waals surface area contributed by atoms with Gasteiger partial charge in [0.05, 0.1) is 29.2 Å². The van der Waals surface area contributed by atoms with Gasteiger partial charge in [-0.3, -0.25) is 20.2 Å². The van der Waals surface area contributed by atoms with Gasteiger partial charge >= 0.3 is 0 Å². The minimum Gasteiger partial charge on any atom is -0.507 e. The Morgan fingerprint density at radius 2 is 1.42 bits per heavy atom. The summed E-state index contributed by atoms with van der Waals surface area (Å²) in [4.78, 5) is 27.8. The lowest BCUT2D eigenvalue weighted by atomic mass is 9.80. The lowest BCUT2D eigenvalue weighted by molar-refractivity contribution is -0.111. The molecule has 6 N–H and O–H groups in total. The van der Waals surface area contributed by atoms with E-state index in [0.29, 0.717) is 5.70 Å². The Labute approximate surface area is 180 Å². The lowest BCUT2D eigenvalue weighted by Gasteiger charge is -2.41. The second-order valence-electron chi connectivity index (χ2n) is 7.68. The Bertz CT molecular complexity index is 993. The molecule has 4 unspecified atom stereocenters. The first-order valence-corrected chi connectivity index (χ1v) is 9.97. The van der Waals surface area contributed by atoms with Crippen molar-refractivity contribution in [2.75, 3.05) is 0 Å². The molecule has 0 amide bonds. The summed E-state index contributed by atoms with van der Waals surface area (Å²) in [7, 11) is 0. The summed E-state index contributed by atoms with van der Waals surface area (Å²) in [6.07, 6.45) is 1.44. The zero-order chi connectivity index (χ0) is 23.0. The van der Waals surface area contributed by atoms with Gasteiger partial charge < -0.3 is 25.3 Å². The van der Waals surface area contributed by atoms with Gasteiger partial charge in [0, 0.05) is 11.1 Å². The molecule has 9 heteroatoms. The van der Waals surface area contributed by atoms with Crippen molar-refractivity contribution in [1.82, 2.24) is 15.5 Å². The van der Waals surface area contributed by atoms with Crippen molar-refractivity contribution in [1.29, 1.82) is 0 Å². The number of Topliss-reactive ketones (excluding diaryl/α,β-unsaturated/α-hetero) is 1. The van der Waals surface area contributed by atoms with Gasteiger partial charge in [0.2, 0.25) is 0 Å². The minimum absolute atomic E-state index is 0.0689. The number of fused-ring (bicyclic) bond motifs is 2. The number of benzene rings is 1. The Morgan fingerprint density at radius 3 is 1.97 bits per heavy atom. The van der Waals surface area contributed by atoms with Crippen LogP contribution in [0.4, 0.5) is 0 Å². The summed E-state index contributed by atoms with van der Waals surface area (Å²) >= 11 is 0. The molecule has 9 nitrogen and oxygen atoms in total. The van der Waals surface area contributed by atoms with Crippen LogP contribution < -0.4 is 10.6 Å². The fourth-order valence-corrected chi connectivity index (χ4v) is 4.05. The summed E-state index contributed by atoms with van der Waals surface area (Å²) < 4.78 is 0. The number of allylic oxidation sites excluding steroid dienone is 4. The topological polar surface area (TPSA) is 142 Å². The van der Waals surface area contributed by atoms with Gasteiger partial charge in [0.15, 0.2) is 11.6 Å². The second-order valence-corrected chi connectivity index (χ2v) is 7.68. The van der Waals surface area contributed by atoms with E-state index in [1.807, 2.05) is 0 Å². The molecule has 0 heterocycles. The highest BCUT2D eigenvalue weighted by molar-refractivity contribution is 6.29. The summed E-state index contributed by atoms with van der Waals surface area (Å²) in [6, 6.07) is 2.48. The molecule has 0 saturated carbocycles. The molecule has 2 aliphatic rings. The van der Waals surface area contributed by atoms with Crippen LogP contribution in [0.5, 0.6) is 11.5 Å². The van der Waals surface area contributed by atoms with Crippen molar-refractivity contribution in [2.45, 2.75) is 52.5 Å². The van der Waals surface area contributed by atoms with E-state index in [4.69, 9.17) is 0 Å². The number of aliphatic hydroxyl groups is 2. The summed E-state index contributed by atoms with van der Waals surface area (Å²) in [5.74, 6) is -1.54. The van der Waals surface area contributed by atoms with Crippen LogP contribution in [-0.4, -0.2) is 61.7 Å². The highest BCUT2D eigenvalue weighted by atomic mass is 16.3. The number of hydrogen-bond donors (Lipinski definition) is 6. The summed E-state index contributed by atoms with van der Waals surface area (Å²) in [6.45, 7) is 6.62. The van der Waals surface area contributed by atoms with Gasteiger partial charge in [-0.25, -0.2) is 0 Å². The van der Waals surface area contributed by atoms with Crippen molar-refractivity contribution in [3.8, 4) is 11.5 Å². The zero-order valence-corrected chi connectivity index (χ0v) is 17.7. The van der Waals surface area contributed by atoms with Crippen LogP contribution in [0.3, 0.4) is 0 Å². The van der Waals surface area contributed by atoms with E-state index in [0.717, 1.165) is 0 Å². The molecule has 166 valence electrons. The molecule has 0 radical (unpaired) electrons. The van der Waals surface area contributed by atoms with Crippen LogP contribution in [0.1, 0.15) is 43.6 Å².